The number of non-ortho nitro benzene ring substituents is 1. The third-order valence-electron chi connectivity index (χ3n) is 3.49. The molecule has 0 spiro atoms. The monoisotopic (exact) mass is 280 g/mol. The molecule has 1 aliphatic rings. The van der Waals surface area contributed by atoms with Crippen LogP contribution >= 0.6 is 0 Å². The van der Waals surface area contributed by atoms with Crippen molar-refractivity contribution in [1.29, 1.82) is 0 Å². The van der Waals surface area contributed by atoms with Crippen LogP contribution in [0.5, 0.6) is 0 Å². The second-order valence-corrected chi connectivity index (χ2v) is 4.79. The smallest absolute Gasteiger partial charge is 0.270 e. The molecule has 0 bridgehead atoms. The van der Waals surface area contributed by atoms with E-state index in [1.165, 1.54) is 12.1 Å². The van der Waals surface area contributed by atoms with E-state index in [1.54, 1.807) is 29.2 Å². The molecule has 5 heteroatoms. The second-order valence-electron chi connectivity index (χ2n) is 4.79. The van der Waals surface area contributed by atoms with Gasteiger partial charge in [-0.05, 0) is 23.8 Å². The summed E-state index contributed by atoms with van der Waals surface area (Å²) in [6, 6.07) is 13.6. The van der Waals surface area contributed by atoms with Gasteiger partial charge in [0.1, 0.15) is 0 Å². The minimum atomic E-state index is -0.447. The molecule has 0 atom stereocenters. The predicted octanol–water partition coefficient (Wildman–Crippen LogP) is 3.27. The molecule has 2 aromatic rings. The van der Waals surface area contributed by atoms with Gasteiger partial charge in [-0.3, -0.25) is 14.9 Å². The van der Waals surface area contributed by atoms with Crippen LogP contribution in [-0.4, -0.2) is 17.8 Å². The number of allylic oxidation sites excluding steroid dienone is 1. The van der Waals surface area contributed by atoms with Crippen molar-refractivity contribution in [2.75, 3.05) is 11.9 Å². The first-order valence-corrected chi connectivity index (χ1v) is 6.41. The first-order valence-electron chi connectivity index (χ1n) is 6.41. The van der Waals surface area contributed by atoms with Gasteiger partial charge in [0.05, 0.1) is 16.3 Å². The summed E-state index contributed by atoms with van der Waals surface area (Å²) in [6.07, 6.45) is 1.68. The van der Waals surface area contributed by atoms with Gasteiger partial charge < -0.3 is 4.90 Å². The normalized spacial score (nSPS) is 15.4. The van der Waals surface area contributed by atoms with Crippen molar-refractivity contribution in [3.05, 3.63) is 75.5 Å². The van der Waals surface area contributed by atoms with Crippen LogP contribution in [0, 0.1) is 10.1 Å². The highest BCUT2D eigenvalue weighted by Gasteiger charge is 2.29. The number of hydrogen-bond acceptors (Lipinski definition) is 4. The van der Waals surface area contributed by atoms with Gasteiger partial charge in [-0.2, -0.15) is 0 Å². The van der Waals surface area contributed by atoms with E-state index in [0.29, 0.717) is 16.8 Å². The second kappa shape index (κ2) is 4.86. The van der Waals surface area contributed by atoms with Crippen LogP contribution in [0.25, 0.3) is 6.08 Å². The number of Topliss-reactive ketones (excluding diaryl/α,β-unsaturated/α-hetero) is 1. The van der Waals surface area contributed by atoms with Crippen molar-refractivity contribution >= 4 is 23.2 Å². The quantitative estimate of drug-likeness (QED) is 0.481. The summed E-state index contributed by atoms with van der Waals surface area (Å²) in [5.74, 6) is -0.0698. The lowest BCUT2D eigenvalue weighted by molar-refractivity contribution is -0.384. The number of rotatable bonds is 2. The average molecular weight is 280 g/mol. The maximum Gasteiger partial charge on any atom is 0.270 e. The Morgan fingerprint density at radius 2 is 1.90 bits per heavy atom. The lowest BCUT2D eigenvalue weighted by atomic mass is 10.1. The van der Waals surface area contributed by atoms with E-state index < -0.39 is 4.92 Å². The Hall–Kier alpha value is -2.95. The maximum absolute atomic E-state index is 12.4. The van der Waals surface area contributed by atoms with Crippen molar-refractivity contribution < 1.29 is 9.72 Å². The molecule has 1 aliphatic heterocycles. The Morgan fingerprint density at radius 3 is 2.62 bits per heavy atom. The average Bonchev–Trinajstić information content (AvgIpc) is 2.73. The Morgan fingerprint density at radius 1 is 1.14 bits per heavy atom. The van der Waals surface area contributed by atoms with E-state index in [2.05, 4.69) is 0 Å². The van der Waals surface area contributed by atoms with E-state index in [9.17, 15) is 14.9 Å². The molecule has 0 aliphatic carbocycles. The maximum atomic E-state index is 12.4. The van der Waals surface area contributed by atoms with Gasteiger partial charge in [-0.25, -0.2) is 0 Å². The summed E-state index contributed by atoms with van der Waals surface area (Å²) < 4.78 is 0. The number of nitrogens with zero attached hydrogens (tertiary/aromatic N) is 2. The van der Waals surface area contributed by atoms with Gasteiger partial charge >= 0.3 is 0 Å². The van der Waals surface area contributed by atoms with Crippen molar-refractivity contribution in [2.45, 2.75) is 0 Å². The molecule has 0 saturated carbocycles. The highest BCUT2D eigenvalue weighted by molar-refractivity contribution is 6.21. The van der Waals surface area contributed by atoms with E-state index in [-0.39, 0.29) is 11.5 Å². The molecular formula is C16H12N2O3. The van der Waals surface area contributed by atoms with Crippen molar-refractivity contribution in [2.24, 2.45) is 0 Å². The molecule has 1 heterocycles. The van der Waals surface area contributed by atoms with Gasteiger partial charge in [0, 0.05) is 24.7 Å². The summed E-state index contributed by atoms with van der Waals surface area (Å²) in [4.78, 5) is 24.5. The Kier molecular flexibility index (Phi) is 3.02. The Labute approximate surface area is 121 Å². The topological polar surface area (TPSA) is 63.4 Å². The molecule has 104 valence electrons. The highest BCUT2D eigenvalue weighted by Crippen LogP contribution is 2.33. The van der Waals surface area contributed by atoms with Crippen LogP contribution in [0.2, 0.25) is 0 Å². The molecule has 2 aromatic carbocycles. The van der Waals surface area contributed by atoms with Crippen LogP contribution in [0.3, 0.4) is 0 Å². The highest BCUT2D eigenvalue weighted by atomic mass is 16.6. The number of benzene rings is 2. The van der Waals surface area contributed by atoms with E-state index in [1.807, 2.05) is 25.2 Å². The predicted molar refractivity (Wildman–Crippen MR) is 80.2 cm³/mol. The number of nitro groups is 1. The van der Waals surface area contributed by atoms with Crippen LogP contribution in [0.15, 0.2) is 54.2 Å². The zero-order chi connectivity index (χ0) is 15.0. The molecule has 0 radical (unpaired) electrons. The van der Waals surface area contributed by atoms with Crippen LogP contribution in [0.4, 0.5) is 11.4 Å². The number of para-hydroxylation sites is 1. The van der Waals surface area contributed by atoms with Crippen molar-refractivity contribution in [3.8, 4) is 0 Å². The molecular weight excluding hydrogens is 268 g/mol. The SMILES string of the molecule is CN1/C(=C/c2cccc([N+](=O)[O-])c2)C(=O)c2ccccc21. The van der Waals surface area contributed by atoms with Crippen LogP contribution in [0.1, 0.15) is 15.9 Å². The van der Waals surface area contributed by atoms with Crippen LogP contribution in [-0.2, 0) is 0 Å². The molecule has 0 aromatic heterocycles. The first-order chi connectivity index (χ1) is 10.1. The number of hydrogen-bond donors (Lipinski definition) is 0. The lowest BCUT2D eigenvalue weighted by Gasteiger charge is -2.13. The van der Waals surface area contributed by atoms with E-state index in [0.717, 1.165) is 5.69 Å². The van der Waals surface area contributed by atoms with Gasteiger partial charge in [0.25, 0.3) is 5.69 Å². The third kappa shape index (κ3) is 2.18. The standard InChI is InChI=1S/C16H12N2O3/c1-17-14-8-3-2-7-13(14)16(19)15(17)10-11-5-4-6-12(9-11)18(20)21/h2-10H,1H3/b15-10+. The van der Waals surface area contributed by atoms with Crippen molar-refractivity contribution in [3.63, 3.8) is 0 Å². The number of likely N-dealkylation sites (N-methyl/N-ethyl adjacent to an activating group) is 1. The fourth-order valence-electron chi connectivity index (χ4n) is 2.43. The molecule has 0 N–H and O–H groups in total. The summed E-state index contributed by atoms with van der Waals surface area (Å²) in [7, 11) is 1.81. The molecule has 5 nitrogen and oxygen atoms in total. The summed E-state index contributed by atoms with van der Waals surface area (Å²) in [5.41, 5.74) is 2.65. The summed E-state index contributed by atoms with van der Waals surface area (Å²) in [5, 5.41) is 10.8. The van der Waals surface area contributed by atoms with Gasteiger partial charge in [-0.1, -0.05) is 24.3 Å². The fourth-order valence-corrected chi connectivity index (χ4v) is 2.43. The number of fused-ring (bicyclic) bond motifs is 1. The minimum absolute atomic E-state index is 0.00923. The molecule has 3 rings (SSSR count). The molecule has 0 amide bonds. The van der Waals surface area contributed by atoms with Crippen molar-refractivity contribution in [1.82, 2.24) is 0 Å². The van der Waals surface area contributed by atoms with E-state index in [4.69, 9.17) is 0 Å². The Bertz CT molecular complexity index is 781. The number of anilines is 1. The largest absolute Gasteiger partial charge is 0.341 e. The van der Waals surface area contributed by atoms with Gasteiger partial charge in [-0.15, -0.1) is 0 Å². The third-order valence-corrected chi connectivity index (χ3v) is 3.49. The molecule has 21 heavy (non-hydrogen) atoms. The minimum Gasteiger partial charge on any atom is -0.341 e. The first kappa shape index (κ1) is 13.1. The van der Waals surface area contributed by atoms with Crippen LogP contribution < -0.4 is 4.90 Å². The van der Waals surface area contributed by atoms with E-state index >= 15 is 0 Å². The number of ketones is 1. The summed E-state index contributed by atoms with van der Waals surface area (Å²) in [6.45, 7) is 0. The Balaban J connectivity index is 2.04. The molecule has 0 fully saturated rings. The summed E-state index contributed by atoms with van der Waals surface area (Å²) >= 11 is 0. The number of nitro benzene ring substituents is 1. The van der Waals surface area contributed by atoms with Gasteiger partial charge in [0.15, 0.2) is 0 Å². The number of carbonyl (C=O) groups is 1. The van der Waals surface area contributed by atoms with Gasteiger partial charge in [0.2, 0.25) is 5.78 Å². The lowest BCUT2D eigenvalue weighted by Crippen LogP contribution is -2.13. The zero-order valence-corrected chi connectivity index (χ0v) is 11.3. The molecule has 0 saturated heterocycles. The number of carbonyl (C=O) groups excluding carboxylic acids is 1. The zero-order valence-electron chi connectivity index (χ0n) is 11.3. The molecule has 0 unspecified atom stereocenters. The fraction of sp³-hybridized carbons (Fsp3) is 0.0625.